The Bertz CT molecular complexity index is 401. The first-order chi connectivity index (χ1) is 9.62. The van der Waals surface area contributed by atoms with Gasteiger partial charge in [0.2, 0.25) is 11.8 Å². The second-order valence-electron chi connectivity index (χ2n) is 6.94. The highest BCUT2D eigenvalue weighted by Gasteiger charge is 2.51. The number of aliphatic hydroxyl groups excluding tert-OH is 1. The summed E-state index contributed by atoms with van der Waals surface area (Å²) >= 11 is 0. The van der Waals surface area contributed by atoms with Crippen molar-refractivity contribution in [3.63, 3.8) is 0 Å². The molecule has 2 atom stereocenters. The molecular weight excluding hydrogens is 254 g/mol. The topological polar surface area (TPSA) is 57.6 Å². The molecular formula is C16H25NO3. The number of likely N-dealkylation sites (tertiary alicyclic amines) is 1. The van der Waals surface area contributed by atoms with E-state index in [1.54, 1.807) is 0 Å². The number of hydrogen-bond acceptors (Lipinski definition) is 3. The third-order valence-electron chi connectivity index (χ3n) is 5.59. The predicted octanol–water partition coefficient (Wildman–Crippen LogP) is 2.25. The lowest BCUT2D eigenvalue weighted by Crippen LogP contribution is -2.42. The molecule has 1 spiro atoms. The fraction of sp³-hybridized carbons (Fsp3) is 0.875. The van der Waals surface area contributed by atoms with Gasteiger partial charge in [-0.3, -0.25) is 14.5 Å². The van der Waals surface area contributed by atoms with Crippen LogP contribution in [0.15, 0.2) is 0 Å². The van der Waals surface area contributed by atoms with Crippen molar-refractivity contribution < 1.29 is 14.7 Å². The van der Waals surface area contributed by atoms with Crippen LogP contribution in [0, 0.1) is 11.3 Å². The van der Waals surface area contributed by atoms with Crippen molar-refractivity contribution in [1.82, 2.24) is 4.90 Å². The summed E-state index contributed by atoms with van der Waals surface area (Å²) in [6.45, 7) is 0.445. The first kappa shape index (κ1) is 14.1. The van der Waals surface area contributed by atoms with E-state index in [4.69, 9.17) is 0 Å². The molecule has 20 heavy (non-hydrogen) atoms. The van der Waals surface area contributed by atoms with Gasteiger partial charge in [-0.15, -0.1) is 0 Å². The number of carbonyl (C=O) groups excluding carboxylic acids is 2. The van der Waals surface area contributed by atoms with Crippen LogP contribution in [-0.2, 0) is 9.59 Å². The van der Waals surface area contributed by atoms with Crippen molar-refractivity contribution in [2.24, 2.45) is 11.3 Å². The Morgan fingerprint density at radius 3 is 2.45 bits per heavy atom. The molecule has 2 aliphatic carbocycles. The zero-order chi connectivity index (χ0) is 14.2. The predicted molar refractivity (Wildman–Crippen MR) is 74.8 cm³/mol. The van der Waals surface area contributed by atoms with Crippen molar-refractivity contribution in [1.29, 1.82) is 0 Å². The van der Waals surface area contributed by atoms with Crippen LogP contribution in [-0.4, -0.2) is 34.5 Å². The Hall–Kier alpha value is -0.900. The normalized spacial score (nSPS) is 34.0. The number of rotatable bonds is 2. The van der Waals surface area contributed by atoms with E-state index in [0.29, 0.717) is 13.0 Å². The highest BCUT2D eigenvalue weighted by Crippen LogP contribution is 2.45. The highest BCUT2D eigenvalue weighted by atomic mass is 16.3. The van der Waals surface area contributed by atoms with Gasteiger partial charge in [0.05, 0.1) is 11.5 Å². The van der Waals surface area contributed by atoms with Gasteiger partial charge in [-0.2, -0.15) is 0 Å². The average Bonchev–Trinajstić information content (AvgIpc) is 2.66. The molecule has 2 amide bonds. The van der Waals surface area contributed by atoms with E-state index >= 15 is 0 Å². The van der Waals surface area contributed by atoms with Crippen molar-refractivity contribution in [3.8, 4) is 0 Å². The van der Waals surface area contributed by atoms with Gasteiger partial charge >= 0.3 is 0 Å². The van der Waals surface area contributed by atoms with Gasteiger partial charge in [0.15, 0.2) is 0 Å². The molecule has 3 aliphatic rings. The molecule has 0 aromatic carbocycles. The number of amides is 2. The van der Waals surface area contributed by atoms with Gasteiger partial charge in [-0.25, -0.2) is 0 Å². The van der Waals surface area contributed by atoms with Crippen molar-refractivity contribution in [2.45, 2.75) is 70.3 Å². The van der Waals surface area contributed by atoms with Crippen LogP contribution < -0.4 is 0 Å². The van der Waals surface area contributed by atoms with Gasteiger partial charge < -0.3 is 5.11 Å². The summed E-state index contributed by atoms with van der Waals surface area (Å²) in [4.78, 5) is 26.4. The molecule has 2 unspecified atom stereocenters. The Morgan fingerprint density at radius 1 is 1.05 bits per heavy atom. The zero-order valence-electron chi connectivity index (χ0n) is 12.1. The lowest BCUT2D eigenvalue weighted by molar-refractivity contribution is -0.143. The van der Waals surface area contributed by atoms with Gasteiger partial charge in [0, 0.05) is 18.9 Å². The summed E-state index contributed by atoms with van der Waals surface area (Å²) in [5.41, 5.74) is -0.380. The molecule has 3 rings (SSSR count). The summed E-state index contributed by atoms with van der Waals surface area (Å²) in [6, 6.07) is 0. The minimum atomic E-state index is -0.380. The summed E-state index contributed by atoms with van der Waals surface area (Å²) in [5, 5.41) is 10.1. The van der Waals surface area contributed by atoms with E-state index < -0.39 is 0 Å². The van der Waals surface area contributed by atoms with Crippen LogP contribution in [0.2, 0.25) is 0 Å². The van der Waals surface area contributed by atoms with E-state index in [0.717, 1.165) is 51.4 Å². The SMILES string of the molecule is O=C1CC2(CCCCC2)C(=O)N1CC1CCCCC1O. The number of imide groups is 1. The molecule has 112 valence electrons. The standard InChI is InChI=1S/C16H25NO3/c18-13-7-3-2-6-12(13)11-17-14(19)10-16(15(17)20)8-4-1-5-9-16/h12-13,18H,1-11H2. The third kappa shape index (κ3) is 2.39. The fourth-order valence-corrected chi connectivity index (χ4v) is 4.30. The molecule has 0 bridgehead atoms. The molecule has 1 N–H and O–H groups in total. The van der Waals surface area contributed by atoms with Gasteiger partial charge in [-0.1, -0.05) is 32.1 Å². The molecule has 3 fully saturated rings. The van der Waals surface area contributed by atoms with E-state index in [1.165, 1.54) is 11.3 Å². The maximum absolute atomic E-state index is 12.7. The molecule has 1 aliphatic heterocycles. The van der Waals surface area contributed by atoms with Gasteiger partial charge in [-0.05, 0) is 25.7 Å². The van der Waals surface area contributed by atoms with Crippen LogP contribution in [0.5, 0.6) is 0 Å². The van der Waals surface area contributed by atoms with Crippen LogP contribution >= 0.6 is 0 Å². The van der Waals surface area contributed by atoms with E-state index in [2.05, 4.69) is 0 Å². The Kier molecular flexibility index (Phi) is 3.85. The van der Waals surface area contributed by atoms with Crippen LogP contribution in [0.25, 0.3) is 0 Å². The minimum absolute atomic E-state index is 0.00493. The van der Waals surface area contributed by atoms with E-state index in [9.17, 15) is 14.7 Å². The van der Waals surface area contributed by atoms with Crippen LogP contribution in [0.1, 0.15) is 64.2 Å². The molecule has 0 radical (unpaired) electrons. The Labute approximate surface area is 120 Å². The molecule has 1 heterocycles. The number of nitrogens with zero attached hydrogens (tertiary/aromatic N) is 1. The molecule has 0 aromatic rings. The van der Waals surface area contributed by atoms with Crippen molar-refractivity contribution >= 4 is 11.8 Å². The average molecular weight is 279 g/mol. The van der Waals surface area contributed by atoms with E-state index in [1.807, 2.05) is 0 Å². The third-order valence-corrected chi connectivity index (χ3v) is 5.59. The monoisotopic (exact) mass is 279 g/mol. The lowest BCUT2D eigenvalue weighted by atomic mass is 9.73. The van der Waals surface area contributed by atoms with Gasteiger partial charge in [0.1, 0.15) is 0 Å². The second kappa shape index (κ2) is 5.47. The van der Waals surface area contributed by atoms with E-state index in [-0.39, 0.29) is 29.3 Å². The Balaban J connectivity index is 1.70. The number of aliphatic hydroxyl groups is 1. The van der Waals surface area contributed by atoms with Gasteiger partial charge in [0.25, 0.3) is 0 Å². The highest BCUT2D eigenvalue weighted by molar-refractivity contribution is 6.05. The summed E-state index contributed by atoms with van der Waals surface area (Å²) < 4.78 is 0. The van der Waals surface area contributed by atoms with Crippen molar-refractivity contribution in [3.05, 3.63) is 0 Å². The number of hydrogen-bond donors (Lipinski definition) is 1. The minimum Gasteiger partial charge on any atom is -0.393 e. The summed E-state index contributed by atoms with van der Waals surface area (Å²) in [7, 11) is 0. The van der Waals surface area contributed by atoms with Crippen LogP contribution in [0.4, 0.5) is 0 Å². The zero-order valence-corrected chi connectivity index (χ0v) is 12.1. The first-order valence-corrected chi connectivity index (χ1v) is 8.15. The summed E-state index contributed by atoms with van der Waals surface area (Å²) in [6.07, 6.45) is 9.05. The summed E-state index contributed by atoms with van der Waals surface area (Å²) in [5.74, 6) is 0.144. The molecule has 1 saturated heterocycles. The fourth-order valence-electron chi connectivity index (χ4n) is 4.30. The van der Waals surface area contributed by atoms with Crippen molar-refractivity contribution in [2.75, 3.05) is 6.54 Å². The first-order valence-electron chi connectivity index (χ1n) is 8.15. The largest absolute Gasteiger partial charge is 0.393 e. The lowest BCUT2D eigenvalue weighted by Gasteiger charge is -2.33. The maximum atomic E-state index is 12.7. The smallest absolute Gasteiger partial charge is 0.235 e. The maximum Gasteiger partial charge on any atom is 0.235 e. The number of carbonyl (C=O) groups is 2. The Morgan fingerprint density at radius 2 is 1.75 bits per heavy atom. The quantitative estimate of drug-likeness (QED) is 0.789. The molecule has 0 aromatic heterocycles. The molecule has 4 heteroatoms. The van der Waals surface area contributed by atoms with Crippen LogP contribution in [0.3, 0.4) is 0 Å². The molecule has 4 nitrogen and oxygen atoms in total. The second-order valence-corrected chi connectivity index (χ2v) is 6.94. The molecule has 2 saturated carbocycles.